The second kappa shape index (κ2) is 8.13. The van der Waals surface area contributed by atoms with Crippen LogP contribution >= 0.6 is 0 Å². The van der Waals surface area contributed by atoms with Gasteiger partial charge in [0.25, 0.3) is 0 Å². The van der Waals surface area contributed by atoms with Gasteiger partial charge in [0.15, 0.2) is 0 Å². The number of aryl methyl sites for hydroxylation is 1. The normalized spacial score (nSPS) is 16.8. The van der Waals surface area contributed by atoms with E-state index >= 15 is 0 Å². The van der Waals surface area contributed by atoms with Gasteiger partial charge in [0.2, 0.25) is 11.8 Å². The molecule has 0 saturated carbocycles. The fourth-order valence-electron chi connectivity index (χ4n) is 3.17. The first kappa shape index (κ1) is 18.1. The minimum Gasteiger partial charge on any atom is -0.326 e. The maximum absolute atomic E-state index is 13.9. The molecule has 3 rings (SSSR count). The molecule has 1 unspecified atom stereocenters. The Kier molecular flexibility index (Phi) is 5.66. The molecule has 0 bridgehead atoms. The van der Waals surface area contributed by atoms with Crippen LogP contribution in [0.2, 0.25) is 0 Å². The van der Waals surface area contributed by atoms with E-state index in [-0.39, 0.29) is 30.5 Å². The number of carbonyl (C=O) groups is 2. The largest absolute Gasteiger partial charge is 0.326 e. The van der Waals surface area contributed by atoms with Crippen molar-refractivity contribution in [3.63, 3.8) is 0 Å². The van der Waals surface area contributed by atoms with E-state index in [0.717, 1.165) is 19.3 Å². The number of nitrogens with zero attached hydrogens (tertiary/aromatic N) is 1. The Morgan fingerprint density at radius 3 is 2.62 bits per heavy atom. The maximum Gasteiger partial charge on any atom is 0.229 e. The lowest BCUT2D eigenvalue weighted by atomic mass is 10.1. The van der Waals surface area contributed by atoms with Crippen molar-refractivity contribution in [2.75, 3.05) is 16.8 Å². The molecule has 0 spiro atoms. The quantitative estimate of drug-likeness (QED) is 0.847. The lowest BCUT2D eigenvalue weighted by Crippen LogP contribution is -2.28. The standard InChI is InChI=1S/C21H23FN2O2/c1-2-3-6-15-9-11-17(12-10-15)23-21(26)16-13-20(25)24(14-16)19-8-5-4-7-18(19)22/h4-5,7-12,16H,2-3,6,13-14H2,1H3,(H,23,26). The summed E-state index contributed by atoms with van der Waals surface area (Å²) in [6, 6.07) is 13.9. The van der Waals surface area contributed by atoms with Gasteiger partial charge in [0, 0.05) is 18.7 Å². The Bertz CT molecular complexity index is 789. The second-order valence-electron chi connectivity index (χ2n) is 6.65. The molecule has 26 heavy (non-hydrogen) atoms. The van der Waals surface area contributed by atoms with Gasteiger partial charge in [-0.3, -0.25) is 9.59 Å². The summed E-state index contributed by atoms with van der Waals surface area (Å²) in [5.74, 6) is -1.38. The van der Waals surface area contributed by atoms with Crippen molar-refractivity contribution in [1.82, 2.24) is 0 Å². The molecule has 2 amide bonds. The number of amides is 2. The van der Waals surface area contributed by atoms with Crippen LogP contribution in [0.1, 0.15) is 31.7 Å². The van der Waals surface area contributed by atoms with Gasteiger partial charge in [0.05, 0.1) is 11.6 Å². The fraction of sp³-hybridized carbons (Fsp3) is 0.333. The van der Waals surface area contributed by atoms with E-state index in [1.165, 1.54) is 16.5 Å². The van der Waals surface area contributed by atoms with Gasteiger partial charge >= 0.3 is 0 Å². The summed E-state index contributed by atoms with van der Waals surface area (Å²) in [6.45, 7) is 2.35. The highest BCUT2D eigenvalue weighted by Gasteiger charge is 2.36. The number of unbranched alkanes of at least 4 members (excludes halogenated alkanes) is 1. The number of benzene rings is 2. The average Bonchev–Trinajstić information content (AvgIpc) is 3.03. The van der Waals surface area contributed by atoms with Gasteiger partial charge in [0.1, 0.15) is 5.82 Å². The molecule has 1 aliphatic rings. The molecule has 1 saturated heterocycles. The molecular formula is C21H23FN2O2. The first-order valence-corrected chi connectivity index (χ1v) is 9.03. The van der Waals surface area contributed by atoms with Gasteiger partial charge < -0.3 is 10.2 Å². The Labute approximate surface area is 153 Å². The Morgan fingerprint density at radius 1 is 1.19 bits per heavy atom. The number of hydrogen-bond donors (Lipinski definition) is 1. The zero-order valence-electron chi connectivity index (χ0n) is 14.9. The molecule has 1 N–H and O–H groups in total. The Balaban J connectivity index is 1.62. The van der Waals surface area contributed by atoms with Gasteiger partial charge in [-0.1, -0.05) is 37.6 Å². The first-order chi connectivity index (χ1) is 12.6. The van der Waals surface area contributed by atoms with Gasteiger partial charge in [-0.05, 0) is 42.7 Å². The molecule has 4 nitrogen and oxygen atoms in total. The number of rotatable bonds is 6. The monoisotopic (exact) mass is 354 g/mol. The van der Waals surface area contributed by atoms with E-state index in [9.17, 15) is 14.0 Å². The highest BCUT2D eigenvalue weighted by Crippen LogP contribution is 2.28. The predicted molar refractivity (Wildman–Crippen MR) is 101 cm³/mol. The number of para-hydroxylation sites is 1. The summed E-state index contributed by atoms with van der Waals surface area (Å²) in [5, 5.41) is 2.86. The summed E-state index contributed by atoms with van der Waals surface area (Å²) >= 11 is 0. The average molecular weight is 354 g/mol. The third kappa shape index (κ3) is 4.10. The van der Waals surface area contributed by atoms with E-state index in [0.29, 0.717) is 5.69 Å². The molecule has 136 valence electrons. The van der Waals surface area contributed by atoms with Crippen molar-refractivity contribution in [1.29, 1.82) is 0 Å². The Morgan fingerprint density at radius 2 is 1.92 bits per heavy atom. The smallest absolute Gasteiger partial charge is 0.229 e. The van der Waals surface area contributed by atoms with Crippen LogP contribution in [0.5, 0.6) is 0 Å². The van der Waals surface area contributed by atoms with Gasteiger partial charge in [-0.15, -0.1) is 0 Å². The number of hydrogen-bond acceptors (Lipinski definition) is 2. The predicted octanol–water partition coefficient (Wildman–Crippen LogP) is 4.16. The molecule has 2 aromatic rings. The van der Waals surface area contributed by atoms with Crippen LogP contribution in [0.4, 0.5) is 15.8 Å². The molecular weight excluding hydrogens is 331 g/mol. The maximum atomic E-state index is 13.9. The van der Waals surface area contributed by atoms with Crippen molar-refractivity contribution >= 4 is 23.2 Å². The van der Waals surface area contributed by atoms with Crippen molar-refractivity contribution in [3.05, 3.63) is 59.9 Å². The molecule has 0 radical (unpaired) electrons. The van der Waals surface area contributed by atoms with Crippen molar-refractivity contribution in [2.45, 2.75) is 32.6 Å². The minimum absolute atomic E-state index is 0.0920. The molecule has 2 aromatic carbocycles. The van der Waals surface area contributed by atoms with E-state index in [1.807, 2.05) is 24.3 Å². The second-order valence-corrected chi connectivity index (χ2v) is 6.65. The molecule has 1 atom stereocenters. The summed E-state index contributed by atoms with van der Waals surface area (Å²) in [7, 11) is 0. The zero-order valence-corrected chi connectivity index (χ0v) is 14.9. The first-order valence-electron chi connectivity index (χ1n) is 9.03. The van der Waals surface area contributed by atoms with Crippen LogP contribution in [0.3, 0.4) is 0 Å². The van der Waals surface area contributed by atoms with E-state index in [4.69, 9.17) is 0 Å². The van der Waals surface area contributed by atoms with Crippen molar-refractivity contribution < 1.29 is 14.0 Å². The number of halogens is 1. The third-order valence-electron chi connectivity index (χ3n) is 4.68. The summed E-state index contributed by atoms with van der Waals surface area (Å²) in [5.41, 5.74) is 2.19. The molecule has 1 aliphatic heterocycles. The molecule has 1 fully saturated rings. The van der Waals surface area contributed by atoms with Crippen LogP contribution in [-0.2, 0) is 16.0 Å². The molecule has 1 heterocycles. The lowest BCUT2D eigenvalue weighted by Gasteiger charge is -2.17. The van der Waals surface area contributed by atoms with E-state index in [1.54, 1.807) is 18.2 Å². The van der Waals surface area contributed by atoms with Crippen LogP contribution in [0.25, 0.3) is 0 Å². The van der Waals surface area contributed by atoms with Crippen LogP contribution < -0.4 is 10.2 Å². The van der Waals surface area contributed by atoms with Crippen molar-refractivity contribution in [3.8, 4) is 0 Å². The molecule has 0 aromatic heterocycles. The number of carbonyl (C=O) groups excluding carboxylic acids is 2. The summed E-state index contributed by atoms with van der Waals surface area (Å²) in [4.78, 5) is 26.1. The highest BCUT2D eigenvalue weighted by atomic mass is 19.1. The fourth-order valence-corrected chi connectivity index (χ4v) is 3.17. The van der Waals surface area contributed by atoms with E-state index < -0.39 is 11.7 Å². The van der Waals surface area contributed by atoms with Gasteiger partial charge in [-0.25, -0.2) is 4.39 Å². The van der Waals surface area contributed by atoms with E-state index in [2.05, 4.69) is 12.2 Å². The SMILES string of the molecule is CCCCc1ccc(NC(=O)C2CC(=O)N(c3ccccc3F)C2)cc1. The van der Waals surface area contributed by atoms with Crippen LogP contribution in [0, 0.1) is 11.7 Å². The van der Waals surface area contributed by atoms with Crippen molar-refractivity contribution in [2.24, 2.45) is 5.92 Å². The summed E-state index contributed by atoms with van der Waals surface area (Å²) < 4.78 is 13.9. The van der Waals surface area contributed by atoms with Gasteiger partial charge in [-0.2, -0.15) is 0 Å². The minimum atomic E-state index is -0.484. The third-order valence-corrected chi connectivity index (χ3v) is 4.68. The number of anilines is 2. The summed E-state index contributed by atoms with van der Waals surface area (Å²) in [6.07, 6.45) is 3.41. The van der Waals surface area contributed by atoms with Crippen LogP contribution in [-0.4, -0.2) is 18.4 Å². The highest BCUT2D eigenvalue weighted by molar-refractivity contribution is 6.03. The Hall–Kier alpha value is -2.69. The zero-order chi connectivity index (χ0) is 18.5. The molecule has 0 aliphatic carbocycles. The van der Waals surface area contributed by atoms with Crippen LogP contribution in [0.15, 0.2) is 48.5 Å². The molecule has 5 heteroatoms. The lowest BCUT2D eigenvalue weighted by molar-refractivity contribution is -0.122. The topological polar surface area (TPSA) is 49.4 Å². The number of nitrogens with one attached hydrogen (secondary N) is 1.